The van der Waals surface area contributed by atoms with Gasteiger partial charge in [-0.05, 0) is 22.8 Å². The second-order valence-corrected chi connectivity index (χ2v) is 6.95. The van der Waals surface area contributed by atoms with Gasteiger partial charge < -0.3 is 15.8 Å². The number of hydrogen-bond donors (Lipinski definition) is 3. The van der Waals surface area contributed by atoms with Crippen LogP contribution >= 0.6 is 12.4 Å². The van der Waals surface area contributed by atoms with Crippen molar-refractivity contribution in [2.75, 3.05) is 7.11 Å². The third-order valence-electron chi connectivity index (χ3n) is 4.89. The highest BCUT2D eigenvalue weighted by molar-refractivity contribution is 5.94. The topological polar surface area (TPSA) is 131 Å². The quantitative estimate of drug-likeness (QED) is 0.196. The minimum Gasteiger partial charge on any atom is -0.384 e. The fraction of sp³-hybridized carbons (Fsp3) is 0.130. The normalized spacial score (nSPS) is 11.2. The maximum Gasteiger partial charge on any atom is 0.270 e. The summed E-state index contributed by atoms with van der Waals surface area (Å²) in [5, 5.41) is 21.3. The molecule has 0 spiro atoms. The molecule has 3 aromatic rings. The summed E-state index contributed by atoms with van der Waals surface area (Å²) in [5.74, 6) is -1.30. The van der Waals surface area contributed by atoms with E-state index in [0.717, 1.165) is 5.56 Å². The van der Waals surface area contributed by atoms with Crippen molar-refractivity contribution >= 4 is 29.8 Å². The lowest BCUT2D eigenvalue weighted by Gasteiger charge is -2.20. The van der Waals surface area contributed by atoms with Crippen LogP contribution in [0.15, 0.2) is 66.7 Å². The number of carbonyl (C=O) groups is 1. The van der Waals surface area contributed by atoms with Crippen molar-refractivity contribution in [3.63, 3.8) is 0 Å². The van der Waals surface area contributed by atoms with Crippen molar-refractivity contribution in [2.45, 2.75) is 12.6 Å². The molecule has 1 amide bonds. The van der Waals surface area contributed by atoms with Crippen molar-refractivity contribution in [2.24, 2.45) is 5.73 Å². The zero-order valence-electron chi connectivity index (χ0n) is 17.6. The number of carbonyl (C=O) groups excluding carboxylic acids is 1. The molecule has 0 bridgehead atoms. The molecule has 10 heteroatoms. The Labute approximate surface area is 195 Å². The van der Waals surface area contributed by atoms with Gasteiger partial charge in [-0.1, -0.05) is 48.5 Å². The summed E-state index contributed by atoms with van der Waals surface area (Å²) in [7, 11) is 1.29. The maximum absolute atomic E-state index is 14.8. The van der Waals surface area contributed by atoms with Gasteiger partial charge in [-0.3, -0.25) is 20.3 Å². The van der Waals surface area contributed by atoms with Crippen LogP contribution in [0.2, 0.25) is 0 Å². The molecule has 0 aliphatic carbocycles. The highest BCUT2D eigenvalue weighted by Crippen LogP contribution is 2.33. The lowest BCUT2D eigenvalue weighted by atomic mass is 9.94. The average molecular weight is 473 g/mol. The van der Waals surface area contributed by atoms with Gasteiger partial charge >= 0.3 is 0 Å². The Balaban J connectivity index is 0.00000385. The van der Waals surface area contributed by atoms with Crippen LogP contribution in [-0.2, 0) is 16.1 Å². The van der Waals surface area contributed by atoms with Gasteiger partial charge in [0.1, 0.15) is 11.7 Å². The summed E-state index contributed by atoms with van der Waals surface area (Å²) in [6.07, 6.45) is -1.28. The number of amidine groups is 1. The number of non-ortho nitro benzene ring substituents is 1. The monoisotopic (exact) mass is 472 g/mol. The van der Waals surface area contributed by atoms with E-state index in [1.165, 1.54) is 37.4 Å². The molecule has 33 heavy (non-hydrogen) atoms. The van der Waals surface area contributed by atoms with Gasteiger partial charge in [-0.25, -0.2) is 4.39 Å². The van der Waals surface area contributed by atoms with Gasteiger partial charge in [-0.15, -0.1) is 12.4 Å². The predicted octanol–water partition coefficient (Wildman–Crippen LogP) is 4.11. The molecular weight excluding hydrogens is 451 g/mol. The number of amides is 1. The van der Waals surface area contributed by atoms with E-state index in [9.17, 15) is 19.3 Å². The Morgan fingerprint density at radius 1 is 1.18 bits per heavy atom. The Bertz CT molecular complexity index is 1170. The molecule has 0 fully saturated rings. The molecule has 3 aromatic carbocycles. The highest BCUT2D eigenvalue weighted by atomic mass is 35.5. The first-order chi connectivity index (χ1) is 15.3. The molecule has 8 nitrogen and oxygen atoms in total. The number of nitrogens with one attached hydrogen (secondary N) is 2. The Morgan fingerprint density at radius 2 is 1.85 bits per heavy atom. The van der Waals surface area contributed by atoms with Crippen LogP contribution in [0.5, 0.6) is 0 Å². The summed E-state index contributed by atoms with van der Waals surface area (Å²) in [6.45, 7) is 0.150. The van der Waals surface area contributed by atoms with E-state index >= 15 is 0 Å². The Hall–Kier alpha value is -3.82. The SMILES string of the molecule is CO[C@H](C(=O)NCc1ccc(C(=N)N)cc1)c1c(F)cccc1-c1cccc([N+](=O)[O-])c1.Cl. The molecule has 0 aliphatic rings. The van der Waals surface area contributed by atoms with E-state index < -0.39 is 22.8 Å². The molecule has 0 unspecified atom stereocenters. The van der Waals surface area contributed by atoms with Gasteiger partial charge in [0.05, 0.1) is 4.92 Å². The van der Waals surface area contributed by atoms with Crippen LogP contribution in [0.25, 0.3) is 11.1 Å². The molecule has 1 atom stereocenters. The molecule has 0 saturated heterocycles. The summed E-state index contributed by atoms with van der Waals surface area (Å²) in [4.78, 5) is 23.5. The van der Waals surface area contributed by atoms with Crippen LogP contribution in [0.3, 0.4) is 0 Å². The number of rotatable bonds is 8. The third-order valence-corrected chi connectivity index (χ3v) is 4.89. The fourth-order valence-electron chi connectivity index (χ4n) is 3.28. The highest BCUT2D eigenvalue weighted by Gasteiger charge is 2.27. The predicted molar refractivity (Wildman–Crippen MR) is 125 cm³/mol. The maximum atomic E-state index is 14.8. The van der Waals surface area contributed by atoms with Crippen molar-refractivity contribution in [1.29, 1.82) is 5.41 Å². The smallest absolute Gasteiger partial charge is 0.270 e. The minimum absolute atomic E-state index is 0. The molecule has 0 heterocycles. The van der Waals surface area contributed by atoms with E-state index in [2.05, 4.69) is 5.32 Å². The van der Waals surface area contributed by atoms with Crippen LogP contribution in [0, 0.1) is 21.3 Å². The van der Waals surface area contributed by atoms with Crippen LogP contribution in [0.1, 0.15) is 22.8 Å². The molecule has 172 valence electrons. The van der Waals surface area contributed by atoms with E-state index in [1.807, 2.05) is 0 Å². The molecule has 0 aromatic heterocycles. The minimum atomic E-state index is -1.28. The van der Waals surface area contributed by atoms with Crippen molar-refractivity contribution < 1.29 is 18.8 Å². The summed E-state index contributed by atoms with van der Waals surface area (Å²) in [5.41, 5.74) is 7.30. The lowest BCUT2D eigenvalue weighted by molar-refractivity contribution is -0.384. The molecule has 0 saturated carbocycles. The third kappa shape index (κ3) is 5.91. The second-order valence-electron chi connectivity index (χ2n) is 6.95. The molecule has 3 rings (SSSR count). The van der Waals surface area contributed by atoms with Crippen LogP contribution in [-0.4, -0.2) is 23.8 Å². The number of hydrogen-bond acceptors (Lipinski definition) is 5. The lowest BCUT2D eigenvalue weighted by Crippen LogP contribution is -2.31. The fourth-order valence-corrected chi connectivity index (χ4v) is 3.28. The molecule has 0 aliphatic heterocycles. The first kappa shape index (κ1) is 25.4. The van der Waals surface area contributed by atoms with Gasteiger partial charge in [-0.2, -0.15) is 0 Å². The van der Waals surface area contributed by atoms with E-state index in [4.69, 9.17) is 15.9 Å². The number of nitro benzene ring substituents is 1. The van der Waals surface area contributed by atoms with Crippen LogP contribution in [0.4, 0.5) is 10.1 Å². The number of nitrogens with zero attached hydrogens (tertiary/aromatic N) is 1. The van der Waals surface area contributed by atoms with Gasteiger partial charge in [0.15, 0.2) is 6.10 Å². The summed E-state index contributed by atoms with van der Waals surface area (Å²) < 4.78 is 20.2. The standard InChI is InChI=1S/C23H21FN4O4.ClH/c1-32-21(23(29)27-13-14-8-10-15(11-9-14)22(25)26)20-18(6-3-7-19(20)24)16-4-2-5-17(12-16)28(30)31;/h2-12,21H,13H2,1H3,(H3,25,26)(H,27,29);1H/t21-;/m0./s1. The summed E-state index contributed by atoms with van der Waals surface area (Å²) in [6, 6.07) is 16.8. The van der Waals surface area contributed by atoms with Crippen molar-refractivity contribution in [3.05, 3.63) is 99.4 Å². The number of nitrogens with two attached hydrogens (primary N) is 1. The zero-order valence-corrected chi connectivity index (χ0v) is 18.4. The van der Waals surface area contributed by atoms with Crippen molar-refractivity contribution in [3.8, 4) is 11.1 Å². The summed E-state index contributed by atoms with van der Waals surface area (Å²) >= 11 is 0. The van der Waals surface area contributed by atoms with Gasteiger partial charge in [0, 0.05) is 36.9 Å². The average Bonchev–Trinajstić information content (AvgIpc) is 2.79. The zero-order chi connectivity index (χ0) is 23.3. The Morgan fingerprint density at radius 3 is 2.45 bits per heavy atom. The number of methoxy groups -OCH3 is 1. The first-order valence-corrected chi connectivity index (χ1v) is 9.59. The molecule has 4 N–H and O–H groups in total. The van der Waals surface area contributed by atoms with E-state index in [-0.39, 0.29) is 36.0 Å². The van der Waals surface area contributed by atoms with Crippen LogP contribution < -0.4 is 11.1 Å². The number of ether oxygens (including phenoxy) is 1. The van der Waals surface area contributed by atoms with Gasteiger partial charge in [0.2, 0.25) is 0 Å². The van der Waals surface area contributed by atoms with Crippen molar-refractivity contribution in [1.82, 2.24) is 5.32 Å². The largest absolute Gasteiger partial charge is 0.384 e. The number of nitro groups is 1. The van der Waals surface area contributed by atoms with E-state index in [1.54, 1.807) is 36.4 Å². The number of halogens is 2. The Kier molecular flexibility index (Phi) is 8.61. The number of benzene rings is 3. The molecule has 0 radical (unpaired) electrons. The second kappa shape index (κ2) is 11.2. The van der Waals surface area contributed by atoms with Gasteiger partial charge in [0.25, 0.3) is 11.6 Å². The first-order valence-electron chi connectivity index (χ1n) is 9.59. The van der Waals surface area contributed by atoms with E-state index in [0.29, 0.717) is 16.7 Å². The number of nitrogen functional groups attached to an aromatic ring is 1. The molecular formula is C23H22ClFN4O4.